The van der Waals surface area contributed by atoms with Crippen molar-refractivity contribution in [2.45, 2.75) is 66.5 Å². The van der Waals surface area contributed by atoms with Gasteiger partial charge in [0, 0.05) is 24.7 Å². The number of aryl methyl sites for hydroxylation is 4. The predicted octanol–water partition coefficient (Wildman–Crippen LogP) is 6.34. The molecule has 0 atom stereocenters. The van der Waals surface area contributed by atoms with E-state index in [1.54, 1.807) is 0 Å². The van der Waals surface area contributed by atoms with Crippen LogP contribution in [-0.2, 0) is 13.1 Å². The van der Waals surface area contributed by atoms with E-state index in [1.165, 1.54) is 59.1 Å². The smallest absolute Gasteiger partial charge is 0.0408 e. The van der Waals surface area contributed by atoms with E-state index >= 15 is 0 Å². The summed E-state index contributed by atoms with van der Waals surface area (Å²) in [6, 6.07) is 11.0. The van der Waals surface area contributed by atoms with E-state index in [2.05, 4.69) is 56.9 Å². The first-order valence-electron chi connectivity index (χ1n) is 11.1. The highest BCUT2D eigenvalue weighted by Gasteiger charge is 2.23. The van der Waals surface area contributed by atoms with Crippen LogP contribution < -0.4 is 5.73 Å². The molecule has 2 nitrogen and oxygen atoms in total. The number of halogens is 1. The Morgan fingerprint density at radius 2 is 1.48 bits per heavy atom. The fourth-order valence-electron chi connectivity index (χ4n) is 4.96. The molecule has 0 unspecified atom stereocenters. The van der Waals surface area contributed by atoms with Gasteiger partial charge in [0.1, 0.15) is 0 Å². The second-order valence-electron chi connectivity index (χ2n) is 9.24. The van der Waals surface area contributed by atoms with Crippen LogP contribution in [-0.4, -0.2) is 18.0 Å². The lowest BCUT2D eigenvalue weighted by Crippen LogP contribution is -2.32. The Hall–Kier alpha value is -1.35. The largest absolute Gasteiger partial charge is 0.330 e. The van der Waals surface area contributed by atoms with E-state index in [-0.39, 0.29) is 0 Å². The fourth-order valence-corrected chi connectivity index (χ4v) is 5.19. The Bertz CT molecular complexity index is 798. The van der Waals surface area contributed by atoms with Gasteiger partial charge in [-0.1, -0.05) is 35.4 Å². The molecule has 0 saturated heterocycles. The van der Waals surface area contributed by atoms with Crippen molar-refractivity contribution in [3.63, 3.8) is 0 Å². The zero-order valence-electron chi connectivity index (χ0n) is 18.6. The highest BCUT2D eigenvalue weighted by molar-refractivity contribution is 6.30. The van der Waals surface area contributed by atoms with E-state index < -0.39 is 0 Å². The molecule has 0 aromatic heterocycles. The number of hydrogen-bond donors (Lipinski definition) is 1. The maximum atomic E-state index is 6.20. The molecule has 0 aliphatic heterocycles. The summed E-state index contributed by atoms with van der Waals surface area (Å²) < 4.78 is 0. The molecule has 2 aromatic carbocycles. The summed E-state index contributed by atoms with van der Waals surface area (Å²) >= 11 is 6.20. The van der Waals surface area contributed by atoms with Crippen LogP contribution in [0.5, 0.6) is 0 Å². The zero-order chi connectivity index (χ0) is 21.0. The van der Waals surface area contributed by atoms with Crippen LogP contribution in [0.4, 0.5) is 0 Å². The summed E-state index contributed by atoms with van der Waals surface area (Å²) in [5, 5.41) is 0.822. The standard InChI is InChI=1S/C26H37ClN2/c1-18-11-20(3)26(21(4)12-18)17-29(15-23-7-5-22(14-28)6-8-23)16-24-9-10-25(27)13-19(24)2/h9-13,22-23H,5-8,14-17,28H2,1-4H3. The van der Waals surface area contributed by atoms with Gasteiger partial charge in [-0.2, -0.15) is 0 Å². The van der Waals surface area contributed by atoms with E-state index in [9.17, 15) is 0 Å². The van der Waals surface area contributed by atoms with E-state index in [0.717, 1.165) is 43.0 Å². The van der Waals surface area contributed by atoms with Gasteiger partial charge in [-0.05, 0) is 112 Å². The van der Waals surface area contributed by atoms with E-state index in [4.69, 9.17) is 17.3 Å². The third-order valence-corrected chi connectivity index (χ3v) is 6.97. The first-order valence-corrected chi connectivity index (χ1v) is 11.5. The van der Waals surface area contributed by atoms with Crippen LogP contribution in [0.2, 0.25) is 5.02 Å². The minimum absolute atomic E-state index is 0.736. The van der Waals surface area contributed by atoms with Gasteiger partial charge in [0.25, 0.3) is 0 Å². The monoisotopic (exact) mass is 412 g/mol. The van der Waals surface area contributed by atoms with Gasteiger partial charge < -0.3 is 5.73 Å². The molecule has 0 radical (unpaired) electrons. The van der Waals surface area contributed by atoms with Gasteiger partial charge in [0.15, 0.2) is 0 Å². The molecule has 1 fully saturated rings. The Morgan fingerprint density at radius 3 is 2.07 bits per heavy atom. The molecule has 158 valence electrons. The highest BCUT2D eigenvalue weighted by Crippen LogP contribution is 2.30. The summed E-state index contributed by atoms with van der Waals surface area (Å²) in [7, 11) is 0. The molecule has 0 amide bonds. The molecule has 3 heteroatoms. The van der Waals surface area contributed by atoms with Crippen LogP contribution >= 0.6 is 11.6 Å². The molecule has 1 saturated carbocycles. The van der Waals surface area contributed by atoms with Gasteiger partial charge >= 0.3 is 0 Å². The Balaban J connectivity index is 1.79. The molecule has 29 heavy (non-hydrogen) atoms. The third kappa shape index (κ3) is 6.07. The SMILES string of the molecule is Cc1cc(C)c(CN(Cc2ccc(Cl)cc2C)CC2CCC(CN)CC2)c(C)c1. The number of nitrogens with two attached hydrogens (primary N) is 1. The maximum Gasteiger partial charge on any atom is 0.0408 e. The number of hydrogen-bond acceptors (Lipinski definition) is 2. The van der Waals surface area contributed by atoms with Crippen LogP contribution in [0, 0.1) is 39.5 Å². The first kappa shape index (κ1) is 22.3. The van der Waals surface area contributed by atoms with Crippen molar-refractivity contribution in [3.05, 3.63) is 68.7 Å². The Kier molecular flexibility index (Phi) is 7.79. The quantitative estimate of drug-likeness (QED) is 0.574. The van der Waals surface area contributed by atoms with Crippen molar-refractivity contribution < 1.29 is 0 Å². The van der Waals surface area contributed by atoms with Gasteiger partial charge in [0.05, 0.1) is 0 Å². The van der Waals surface area contributed by atoms with Crippen molar-refractivity contribution in [2.24, 2.45) is 17.6 Å². The van der Waals surface area contributed by atoms with Gasteiger partial charge in [-0.3, -0.25) is 4.90 Å². The molecule has 0 bridgehead atoms. The molecule has 2 aromatic rings. The zero-order valence-corrected chi connectivity index (χ0v) is 19.4. The first-order chi connectivity index (χ1) is 13.9. The molecule has 1 aliphatic rings. The van der Waals surface area contributed by atoms with Gasteiger partial charge in [-0.25, -0.2) is 0 Å². The number of rotatable bonds is 7. The summed E-state index contributed by atoms with van der Waals surface area (Å²) in [6.07, 6.45) is 5.20. The summed E-state index contributed by atoms with van der Waals surface area (Å²) in [6.45, 7) is 12.9. The Morgan fingerprint density at radius 1 is 0.862 bits per heavy atom. The average Bonchev–Trinajstić information content (AvgIpc) is 2.67. The van der Waals surface area contributed by atoms with Crippen molar-refractivity contribution in [1.82, 2.24) is 4.90 Å². The molecule has 2 N–H and O–H groups in total. The van der Waals surface area contributed by atoms with Gasteiger partial charge in [-0.15, -0.1) is 0 Å². The summed E-state index contributed by atoms with van der Waals surface area (Å²) in [4.78, 5) is 2.66. The van der Waals surface area contributed by atoms with Crippen LogP contribution in [0.15, 0.2) is 30.3 Å². The normalized spacial score (nSPS) is 19.7. The van der Waals surface area contributed by atoms with Crippen molar-refractivity contribution >= 4 is 11.6 Å². The lowest BCUT2D eigenvalue weighted by atomic mass is 9.81. The van der Waals surface area contributed by atoms with E-state index in [1.807, 2.05) is 6.07 Å². The van der Waals surface area contributed by atoms with Crippen LogP contribution in [0.1, 0.15) is 59.1 Å². The van der Waals surface area contributed by atoms with Crippen LogP contribution in [0.25, 0.3) is 0 Å². The minimum Gasteiger partial charge on any atom is -0.330 e. The molecule has 0 heterocycles. The van der Waals surface area contributed by atoms with E-state index in [0.29, 0.717) is 0 Å². The van der Waals surface area contributed by atoms with Crippen LogP contribution in [0.3, 0.4) is 0 Å². The van der Waals surface area contributed by atoms with Gasteiger partial charge in [0.2, 0.25) is 0 Å². The van der Waals surface area contributed by atoms with Crippen molar-refractivity contribution in [2.75, 3.05) is 13.1 Å². The fraction of sp³-hybridized carbons (Fsp3) is 0.538. The lowest BCUT2D eigenvalue weighted by molar-refractivity contribution is 0.169. The lowest BCUT2D eigenvalue weighted by Gasteiger charge is -2.33. The number of benzene rings is 2. The molecule has 0 spiro atoms. The molecular weight excluding hydrogens is 376 g/mol. The highest BCUT2D eigenvalue weighted by atomic mass is 35.5. The van der Waals surface area contributed by atoms with Crippen molar-refractivity contribution in [1.29, 1.82) is 0 Å². The summed E-state index contributed by atoms with van der Waals surface area (Å²) in [5.74, 6) is 1.51. The molecular formula is C26H37ClN2. The minimum atomic E-state index is 0.736. The number of nitrogens with zero attached hydrogens (tertiary/aromatic N) is 1. The maximum absolute atomic E-state index is 6.20. The summed E-state index contributed by atoms with van der Waals surface area (Å²) in [5.41, 5.74) is 14.2. The topological polar surface area (TPSA) is 29.3 Å². The third-order valence-electron chi connectivity index (χ3n) is 6.74. The Labute approximate surface area is 182 Å². The molecule has 3 rings (SSSR count). The second kappa shape index (κ2) is 10.1. The predicted molar refractivity (Wildman–Crippen MR) is 125 cm³/mol. The average molecular weight is 413 g/mol. The van der Waals surface area contributed by atoms with Crippen molar-refractivity contribution in [3.8, 4) is 0 Å². The second-order valence-corrected chi connectivity index (χ2v) is 9.68. The molecule has 1 aliphatic carbocycles.